The van der Waals surface area contributed by atoms with E-state index in [1.807, 2.05) is 0 Å². The number of ether oxygens (including phenoxy) is 2. The summed E-state index contributed by atoms with van der Waals surface area (Å²) in [6.07, 6.45) is 0. The van der Waals surface area contributed by atoms with Gasteiger partial charge in [-0.1, -0.05) is 15.9 Å². The third-order valence-corrected chi connectivity index (χ3v) is 8.88. The van der Waals surface area contributed by atoms with Gasteiger partial charge in [0.05, 0.1) is 22.4 Å². The summed E-state index contributed by atoms with van der Waals surface area (Å²) < 4.78 is 12.2. The zero-order valence-electron chi connectivity index (χ0n) is 7.95. The van der Waals surface area contributed by atoms with E-state index in [0.29, 0.717) is 17.8 Å². The molecular weight excluding hydrogens is 279 g/mol. The van der Waals surface area contributed by atoms with Crippen molar-refractivity contribution in [3.05, 3.63) is 0 Å². The Labute approximate surface area is 101 Å². The second-order valence-electron chi connectivity index (χ2n) is 6.11. The molecule has 7 aliphatic rings. The summed E-state index contributed by atoms with van der Waals surface area (Å²) in [5.41, 5.74) is 0. The molecule has 0 aromatic heterocycles. The van der Waals surface area contributed by atoms with E-state index in [9.17, 15) is 0 Å². The average Bonchev–Trinajstić information content (AvgIpc) is 2.78. The first-order valence-corrected chi connectivity index (χ1v) is 7.02. The van der Waals surface area contributed by atoms with E-state index in [-0.39, 0.29) is 15.0 Å². The maximum Gasteiger partial charge on any atom is 0.187 e. The van der Waals surface area contributed by atoms with Crippen LogP contribution in [0.1, 0.15) is 0 Å². The molecule has 8 atom stereocenters. The summed E-state index contributed by atoms with van der Waals surface area (Å²) in [5.74, 6) is 4.02. The predicted octanol–water partition coefficient (Wildman–Crippen LogP) is 1.61. The molecule has 4 unspecified atom stereocenters. The van der Waals surface area contributed by atoms with Crippen LogP contribution in [0, 0.1) is 35.5 Å². The molecule has 4 heteroatoms. The van der Waals surface area contributed by atoms with Gasteiger partial charge in [0.25, 0.3) is 0 Å². The van der Waals surface area contributed by atoms with Gasteiger partial charge in [0, 0.05) is 5.92 Å². The molecule has 80 valence electrons. The van der Waals surface area contributed by atoms with Crippen LogP contribution in [0.2, 0.25) is 0 Å². The molecule has 2 bridgehead atoms. The van der Waals surface area contributed by atoms with Crippen molar-refractivity contribution >= 4 is 27.5 Å². The Kier molecular flexibility index (Phi) is 0.877. The van der Waals surface area contributed by atoms with E-state index in [1.54, 1.807) is 0 Å². The first-order chi connectivity index (χ1) is 7.19. The SMILES string of the molecule is ClC12C3[C@H]4[C@H]1C1[C@H]2[C@H]3C4(Br)C12OCCO2. The highest BCUT2D eigenvalue weighted by Gasteiger charge is 3.09. The van der Waals surface area contributed by atoms with E-state index >= 15 is 0 Å². The lowest BCUT2D eigenvalue weighted by atomic mass is 9.19. The first kappa shape index (κ1) is 7.91. The van der Waals surface area contributed by atoms with Crippen LogP contribution >= 0.6 is 27.5 Å². The van der Waals surface area contributed by atoms with E-state index < -0.39 is 0 Å². The molecule has 6 aliphatic carbocycles. The summed E-state index contributed by atoms with van der Waals surface area (Å²) in [6, 6.07) is 0. The fraction of sp³-hybridized carbons (Fsp3) is 1.00. The van der Waals surface area contributed by atoms with Crippen molar-refractivity contribution in [2.24, 2.45) is 35.5 Å². The second-order valence-corrected chi connectivity index (χ2v) is 8.08. The molecule has 6 saturated carbocycles. The van der Waals surface area contributed by atoms with E-state index in [0.717, 1.165) is 31.0 Å². The van der Waals surface area contributed by atoms with Crippen molar-refractivity contribution in [2.75, 3.05) is 13.2 Å². The highest BCUT2D eigenvalue weighted by molar-refractivity contribution is 9.10. The third-order valence-electron chi connectivity index (χ3n) is 6.51. The number of halogens is 2. The Morgan fingerprint density at radius 1 is 0.933 bits per heavy atom. The lowest BCUT2D eigenvalue weighted by Gasteiger charge is -2.89. The Hall–Kier alpha value is 0.690. The smallest absolute Gasteiger partial charge is 0.187 e. The topological polar surface area (TPSA) is 18.5 Å². The van der Waals surface area contributed by atoms with Crippen LogP contribution in [-0.4, -0.2) is 28.2 Å². The van der Waals surface area contributed by atoms with Crippen molar-refractivity contribution < 1.29 is 9.47 Å². The maximum absolute atomic E-state index is 6.68. The fourth-order valence-electron chi connectivity index (χ4n) is 6.49. The van der Waals surface area contributed by atoms with E-state index in [1.165, 1.54) is 0 Å². The Balaban J connectivity index is 1.65. The van der Waals surface area contributed by atoms with Gasteiger partial charge in [-0.05, 0) is 29.6 Å². The van der Waals surface area contributed by atoms with Crippen molar-refractivity contribution in [2.45, 2.75) is 15.0 Å². The number of hydrogen-bond acceptors (Lipinski definition) is 2. The van der Waals surface area contributed by atoms with Crippen LogP contribution in [-0.2, 0) is 9.47 Å². The lowest BCUT2D eigenvalue weighted by molar-refractivity contribution is -0.345. The first-order valence-electron chi connectivity index (χ1n) is 5.85. The predicted molar refractivity (Wildman–Crippen MR) is 55.8 cm³/mol. The standard InChI is InChI=1S/C11H10BrClO2/c12-10-6-3-7(10)5-8(4(6)9(3,5)13)11(10)14-1-2-15-11/h3-8H,1-2H2/t3?,4-,5+,6-,7-,8?,9?,10?/m0/s1. The Bertz CT molecular complexity index is 412. The van der Waals surface area contributed by atoms with Crippen LogP contribution in [0.15, 0.2) is 0 Å². The van der Waals surface area contributed by atoms with Crippen LogP contribution in [0.25, 0.3) is 0 Å². The monoisotopic (exact) mass is 288 g/mol. The van der Waals surface area contributed by atoms with Crippen LogP contribution in [0.3, 0.4) is 0 Å². The number of rotatable bonds is 0. The molecule has 7 rings (SSSR count). The fourth-order valence-corrected chi connectivity index (χ4v) is 8.93. The minimum absolute atomic E-state index is 0.151. The zero-order chi connectivity index (χ0) is 9.79. The van der Waals surface area contributed by atoms with Gasteiger partial charge in [-0.3, -0.25) is 0 Å². The summed E-state index contributed by atoms with van der Waals surface area (Å²) in [4.78, 5) is 0.191. The van der Waals surface area contributed by atoms with Gasteiger partial charge < -0.3 is 9.47 Å². The van der Waals surface area contributed by atoms with Gasteiger partial charge in [0.2, 0.25) is 0 Å². The molecule has 1 spiro atoms. The average molecular weight is 290 g/mol. The molecule has 7 fully saturated rings. The summed E-state index contributed by atoms with van der Waals surface area (Å²) >= 11 is 10.7. The summed E-state index contributed by atoms with van der Waals surface area (Å²) in [6.45, 7) is 1.53. The quantitative estimate of drug-likeness (QED) is 0.631. The van der Waals surface area contributed by atoms with Gasteiger partial charge in [-0.15, -0.1) is 11.6 Å². The molecule has 0 N–H and O–H groups in total. The van der Waals surface area contributed by atoms with Gasteiger partial charge in [0.15, 0.2) is 5.79 Å². The second kappa shape index (κ2) is 1.66. The molecule has 1 aliphatic heterocycles. The molecular formula is C11H10BrClO2. The Morgan fingerprint density at radius 3 is 2.00 bits per heavy atom. The molecule has 15 heavy (non-hydrogen) atoms. The van der Waals surface area contributed by atoms with Crippen molar-refractivity contribution in [1.82, 2.24) is 0 Å². The molecule has 2 nitrogen and oxygen atoms in total. The highest BCUT2D eigenvalue weighted by Crippen LogP contribution is 3.03. The van der Waals surface area contributed by atoms with Crippen molar-refractivity contribution in [3.8, 4) is 0 Å². The van der Waals surface area contributed by atoms with Crippen molar-refractivity contribution in [1.29, 1.82) is 0 Å². The highest BCUT2D eigenvalue weighted by atomic mass is 79.9. The normalized spacial score (nSPS) is 82.0. The minimum atomic E-state index is -0.275. The summed E-state index contributed by atoms with van der Waals surface area (Å²) in [7, 11) is 0. The number of alkyl halides is 2. The molecule has 0 radical (unpaired) electrons. The van der Waals surface area contributed by atoms with Crippen LogP contribution in [0.5, 0.6) is 0 Å². The molecule has 0 amide bonds. The lowest BCUT2D eigenvalue weighted by Crippen LogP contribution is -2.94. The molecule has 0 aromatic rings. The zero-order valence-corrected chi connectivity index (χ0v) is 10.3. The Morgan fingerprint density at radius 2 is 1.47 bits per heavy atom. The van der Waals surface area contributed by atoms with Gasteiger partial charge >= 0.3 is 0 Å². The van der Waals surface area contributed by atoms with Crippen LogP contribution in [0.4, 0.5) is 0 Å². The van der Waals surface area contributed by atoms with E-state index in [4.69, 9.17) is 21.1 Å². The van der Waals surface area contributed by atoms with Gasteiger partial charge in [-0.2, -0.15) is 0 Å². The van der Waals surface area contributed by atoms with Gasteiger partial charge in [-0.25, -0.2) is 0 Å². The molecule has 1 heterocycles. The largest absolute Gasteiger partial charge is 0.346 e. The number of hydrogen-bond donors (Lipinski definition) is 0. The van der Waals surface area contributed by atoms with E-state index in [2.05, 4.69) is 15.9 Å². The van der Waals surface area contributed by atoms with Crippen LogP contribution < -0.4 is 0 Å². The molecule has 0 aromatic carbocycles. The third kappa shape index (κ3) is 0.382. The molecule has 1 saturated heterocycles. The minimum Gasteiger partial charge on any atom is -0.346 e. The van der Waals surface area contributed by atoms with Crippen molar-refractivity contribution in [3.63, 3.8) is 0 Å². The van der Waals surface area contributed by atoms with Gasteiger partial charge in [0.1, 0.15) is 0 Å². The maximum atomic E-state index is 6.68. The summed E-state index contributed by atoms with van der Waals surface area (Å²) in [5, 5.41) is 0.